The van der Waals surface area contributed by atoms with E-state index in [1.54, 1.807) is 12.1 Å². The van der Waals surface area contributed by atoms with Crippen LogP contribution in [0.15, 0.2) is 71.7 Å². The first-order valence-corrected chi connectivity index (χ1v) is 10.7. The molecule has 0 heterocycles. The second kappa shape index (κ2) is 11.6. The maximum atomic E-state index is 13.5. The molecule has 3 rings (SSSR count). The largest absolute Gasteiger partial charge is 0.341 e. The third-order valence-corrected chi connectivity index (χ3v) is 5.22. The van der Waals surface area contributed by atoms with Gasteiger partial charge in [0.1, 0.15) is 17.5 Å². The maximum absolute atomic E-state index is 13.5. The number of nitrogens with two attached hydrogens (primary N) is 2. The van der Waals surface area contributed by atoms with Gasteiger partial charge in [0.25, 0.3) is 5.91 Å². The van der Waals surface area contributed by atoms with Crippen molar-refractivity contribution in [3.8, 4) is 0 Å². The van der Waals surface area contributed by atoms with Gasteiger partial charge in [-0.3, -0.25) is 10.1 Å². The molecule has 0 aliphatic heterocycles. The average Bonchev–Trinajstić information content (AvgIpc) is 2.78. The first-order chi connectivity index (χ1) is 16.2. The van der Waals surface area contributed by atoms with Gasteiger partial charge in [-0.1, -0.05) is 35.9 Å². The van der Waals surface area contributed by atoms with Crippen LogP contribution in [0.3, 0.4) is 0 Å². The molecule has 2 atom stereocenters. The minimum atomic E-state index is -0.754. The van der Waals surface area contributed by atoms with Gasteiger partial charge in [0.15, 0.2) is 5.96 Å². The van der Waals surface area contributed by atoms with E-state index in [2.05, 4.69) is 15.6 Å². The Balaban J connectivity index is 1.75. The zero-order valence-corrected chi connectivity index (χ0v) is 18.7. The van der Waals surface area contributed by atoms with Crippen LogP contribution < -0.4 is 22.1 Å². The smallest absolute Gasteiger partial charge is 0.258 e. The summed E-state index contributed by atoms with van der Waals surface area (Å²) < 4.78 is 40.0. The van der Waals surface area contributed by atoms with Crippen LogP contribution in [0.25, 0.3) is 0 Å². The highest BCUT2D eigenvalue weighted by atomic mass is 35.5. The number of benzene rings is 3. The standard InChI is InChI=1S/C24H23ClF3N5O/c25-20-11-19(28)9-6-16(20)13-31-24(33-23(34)15-2-1-3-18(27)10-15)32-22(30)12-21(29)14-4-7-17(26)8-5-14/h1-11,21-22H,12-13,29-30H2,(H2,31,32,33,34). The van der Waals surface area contributed by atoms with Gasteiger partial charge in [0.2, 0.25) is 0 Å². The third kappa shape index (κ3) is 7.31. The van der Waals surface area contributed by atoms with Crippen LogP contribution in [0.1, 0.15) is 33.9 Å². The van der Waals surface area contributed by atoms with Crippen molar-refractivity contribution >= 4 is 23.5 Å². The SMILES string of the molecule is NC(CC(N)c1ccc(F)cc1)NC(=NCc1ccc(F)cc1Cl)NC(=O)c1cccc(F)c1. The Kier molecular flexibility index (Phi) is 8.64. The lowest BCUT2D eigenvalue weighted by Crippen LogP contribution is -2.50. The summed E-state index contributed by atoms with van der Waals surface area (Å²) in [6, 6.07) is 14.2. The molecule has 3 aromatic carbocycles. The molecule has 1 amide bonds. The van der Waals surface area contributed by atoms with E-state index in [9.17, 15) is 18.0 Å². The summed E-state index contributed by atoms with van der Waals surface area (Å²) in [5.74, 6) is -2.07. The number of aliphatic imine (C=N–C) groups is 1. The highest BCUT2D eigenvalue weighted by Crippen LogP contribution is 2.18. The Morgan fingerprint density at radius 2 is 1.62 bits per heavy atom. The zero-order chi connectivity index (χ0) is 24.7. The number of rotatable bonds is 7. The molecule has 0 bridgehead atoms. The summed E-state index contributed by atoms with van der Waals surface area (Å²) in [6.45, 7) is 0.00160. The number of guanidine groups is 1. The number of hydrogen-bond donors (Lipinski definition) is 4. The minimum absolute atomic E-state index is 0.00160. The lowest BCUT2D eigenvalue weighted by molar-refractivity contribution is 0.0975. The Morgan fingerprint density at radius 3 is 2.29 bits per heavy atom. The normalized spacial score (nSPS) is 13.3. The van der Waals surface area contributed by atoms with Crippen LogP contribution in [0.5, 0.6) is 0 Å². The van der Waals surface area contributed by atoms with Crippen LogP contribution in [-0.4, -0.2) is 18.0 Å². The molecular weight excluding hydrogens is 467 g/mol. The van der Waals surface area contributed by atoms with Crippen LogP contribution >= 0.6 is 11.6 Å². The van der Waals surface area contributed by atoms with E-state index in [1.165, 1.54) is 42.5 Å². The van der Waals surface area contributed by atoms with Crippen molar-refractivity contribution in [2.45, 2.75) is 25.2 Å². The molecule has 0 aliphatic carbocycles. The van der Waals surface area contributed by atoms with E-state index in [1.807, 2.05) is 0 Å². The molecule has 0 spiro atoms. The lowest BCUT2D eigenvalue weighted by atomic mass is 10.0. The summed E-state index contributed by atoms with van der Waals surface area (Å²) in [7, 11) is 0. The fourth-order valence-electron chi connectivity index (χ4n) is 3.10. The number of carbonyl (C=O) groups excluding carboxylic acids is 1. The topological polar surface area (TPSA) is 106 Å². The Labute approximate surface area is 199 Å². The second-order valence-electron chi connectivity index (χ2n) is 7.51. The predicted octanol–water partition coefficient (Wildman–Crippen LogP) is 4.01. The van der Waals surface area contributed by atoms with Crippen LogP contribution in [0.4, 0.5) is 13.2 Å². The summed E-state index contributed by atoms with van der Waals surface area (Å²) >= 11 is 6.06. The van der Waals surface area contributed by atoms with Crippen LogP contribution in [0, 0.1) is 17.5 Å². The van der Waals surface area contributed by atoms with Gasteiger partial charge in [-0.15, -0.1) is 0 Å². The first-order valence-electron chi connectivity index (χ1n) is 10.3. The van der Waals surface area contributed by atoms with E-state index < -0.39 is 29.7 Å². The molecule has 0 saturated heterocycles. The van der Waals surface area contributed by atoms with Crippen LogP contribution in [-0.2, 0) is 6.54 Å². The van der Waals surface area contributed by atoms with E-state index >= 15 is 0 Å². The van der Waals surface area contributed by atoms with E-state index in [0.29, 0.717) is 11.1 Å². The molecule has 34 heavy (non-hydrogen) atoms. The predicted molar refractivity (Wildman–Crippen MR) is 125 cm³/mol. The summed E-state index contributed by atoms with van der Waals surface area (Å²) in [6.07, 6.45) is -0.534. The fourth-order valence-corrected chi connectivity index (χ4v) is 3.33. The van der Waals surface area contributed by atoms with Crippen molar-refractivity contribution < 1.29 is 18.0 Å². The monoisotopic (exact) mass is 489 g/mol. The molecule has 6 N–H and O–H groups in total. The number of nitrogens with zero attached hydrogens (tertiary/aromatic N) is 1. The molecule has 178 valence electrons. The van der Waals surface area contributed by atoms with Crippen molar-refractivity contribution in [3.05, 3.63) is 106 Å². The number of halogens is 4. The van der Waals surface area contributed by atoms with E-state index in [0.717, 1.165) is 12.1 Å². The van der Waals surface area contributed by atoms with E-state index in [-0.39, 0.29) is 35.3 Å². The molecule has 0 aliphatic rings. The van der Waals surface area contributed by atoms with Gasteiger partial charge in [-0.2, -0.15) is 0 Å². The van der Waals surface area contributed by atoms with Crippen molar-refractivity contribution in [2.24, 2.45) is 16.5 Å². The van der Waals surface area contributed by atoms with Crippen LogP contribution in [0.2, 0.25) is 5.02 Å². The van der Waals surface area contributed by atoms with Crippen molar-refractivity contribution in [3.63, 3.8) is 0 Å². The maximum Gasteiger partial charge on any atom is 0.258 e. The number of carbonyl (C=O) groups is 1. The molecular formula is C24H23ClF3N5O. The molecule has 0 fully saturated rings. The average molecular weight is 490 g/mol. The molecule has 3 aromatic rings. The lowest BCUT2D eigenvalue weighted by Gasteiger charge is -2.21. The molecule has 0 aromatic heterocycles. The van der Waals surface area contributed by atoms with Gasteiger partial charge in [0, 0.05) is 16.6 Å². The van der Waals surface area contributed by atoms with Crippen molar-refractivity contribution in [2.75, 3.05) is 0 Å². The molecule has 6 nitrogen and oxygen atoms in total. The van der Waals surface area contributed by atoms with Crippen molar-refractivity contribution in [1.82, 2.24) is 10.6 Å². The second-order valence-corrected chi connectivity index (χ2v) is 7.92. The van der Waals surface area contributed by atoms with Gasteiger partial charge >= 0.3 is 0 Å². The number of nitrogens with one attached hydrogen (secondary N) is 2. The van der Waals surface area contributed by atoms with Gasteiger partial charge < -0.3 is 16.8 Å². The quantitative estimate of drug-likeness (QED) is 0.228. The Morgan fingerprint density at radius 1 is 0.941 bits per heavy atom. The Bertz CT molecular complexity index is 1170. The summed E-state index contributed by atoms with van der Waals surface area (Å²) in [5, 5.41) is 5.60. The fraction of sp³-hybridized carbons (Fsp3) is 0.167. The highest BCUT2D eigenvalue weighted by molar-refractivity contribution is 6.31. The number of amides is 1. The highest BCUT2D eigenvalue weighted by Gasteiger charge is 2.16. The number of hydrogen-bond acceptors (Lipinski definition) is 4. The molecule has 2 unspecified atom stereocenters. The molecule has 0 saturated carbocycles. The minimum Gasteiger partial charge on any atom is -0.341 e. The van der Waals surface area contributed by atoms with E-state index in [4.69, 9.17) is 23.1 Å². The van der Waals surface area contributed by atoms with Crippen molar-refractivity contribution in [1.29, 1.82) is 0 Å². The summed E-state index contributed by atoms with van der Waals surface area (Å²) in [5.41, 5.74) is 13.6. The van der Waals surface area contributed by atoms with Gasteiger partial charge in [-0.05, 0) is 60.0 Å². The van der Waals surface area contributed by atoms with Gasteiger partial charge in [-0.25, -0.2) is 18.2 Å². The summed E-state index contributed by atoms with van der Waals surface area (Å²) in [4.78, 5) is 16.9. The van der Waals surface area contributed by atoms with Gasteiger partial charge in [0.05, 0.1) is 12.7 Å². The third-order valence-electron chi connectivity index (χ3n) is 4.87. The zero-order valence-electron chi connectivity index (χ0n) is 17.9. The Hall–Kier alpha value is -3.40. The molecule has 0 radical (unpaired) electrons. The molecule has 10 heteroatoms. The first kappa shape index (κ1) is 25.2.